The first-order chi connectivity index (χ1) is 9.22. The number of carbonyl (C=O) groups excluding carboxylic acids is 1. The molecule has 0 aliphatic carbocycles. The number of rotatable bonds is 3. The molecule has 19 heavy (non-hydrogen) atoms. The molecule has 3 heterocycles. The summed E-state index contributed by atoms with van der Waals surface area (Å²) in [5.41, 5.74) is 2.60. The molecule has 0 saturated carbocycles. The van der Waals surface area contributed by atoms with Gasteiger partial charge in [0.1, 0.15) is 3.70 Å². The zero-order valence-electron chi connectivity index (χ0n) is 10.9. The summed E-state index contributed by atoms with van der Waals surface area (Å²) in [6.07, 6.45) is 2.80. The molecule has 0 atom stereocenters. The van der Waals surface area contributed by atoms with E-state index in [4.69, 9.17) is 0 Å². The maximum atomic E-state index is 11.6. The average molecular weight is 371 g/mol. The van der Waals surface area contributed by atoms with Crippen LogP contribution in [0, 0.1) is 3.70 Å². The topological polar surface area (TPSA) is 36.4 Å². The average Bonchev–Trinajstić information content (AvgIpc) is 2.82. The number of hydrogen-bond donors (Lipinski definition) is 0. The lowest BCUT2D eigenvalue weighted by molar-refractivity contribution is -0.127. The van der Waals surface area contributed by atoms with E-state index in [0.29, 0.717) is 5.91 Å². The van der Waals surface area contributed by atoms with Crippen molar-refractivity contribution in [3.05, 3.63) is 27.1 Å². The summed E-state index contributed by atoms with van der Waals surface area (Å²) >= 11 is 2.27. The summed E-state index contributed by atoms with van der Waals surface area (Å²) in [5.74, 6) is 0.327. The van der Waals surface area contributed by atoms with Crippen LogP contribution >= 0.6 is 22.6 Å². The highest BCUT2D eigenvalue weighted by Crippen LogP contribution is 2.18. The van der Waals surface area contributed by atoms with Gasteiger partial charge in [0.15, 0.2) is 0 Å². The number of hydrogen-bond acceptors (Lipinski definition) is 3. The molecule has 3 rings (SSSR count). The number of halogens is 1. The summed E-state index contributed by atoms with van der Waals surface area (Å²) in [7, 11) is 0. The lowest BCUT2D eigenvalue weighted by atomic mass is 10.1. The fraction of sp³-hybridized carbons (Fsp3) is 0.571. The van der Waals surface area contributed by atoms with Crippen LogP contribution in [0.2, 0.25) is 0 Å². The molecule has 2 aliphatic rings. The standard InChI is InChI=1S/C14H18IN3O/c15-13-4-3-11-10-17(7-5-12(11)16-13)8-9-18-6-1-2-14(18)19/h3-4H,1-2,5-10H2. The molecule has 5 heteroatoms. The Morgan fingerprint density at radius 1 is 1.21 bits per heavy atom. The van der Waals surface area contributed by atoms with Crippen LogP contribution in [0.25, 0.3) is 0 Å². The van der Waals surface area contributed by atoms with Crippen LogP contribution in [0.5, 0.6) is 0 Å². The first kappa shape index (κ1) is 13.3. The van der Waals surface area contributed by atoms with Gasteiger partial charge >= 0.3 is 0 Å². The molecule has 102 valence electrons. The molecule has 0 aromatic carbocycles. The Balaban J connectivity index is 1.57. The van der Waals surface area contributed by atoms with Crippen molar-refractivity contribution in [1.82, 2.24) is 14.8 Å². The third-order valence-electron chi connectivity index (χ3n) is 3.95. The summed E-state index contributed by atoms with van der Waals surface area (Å²) in [4.78, 5) is 20.6. The van der Waals surface area contributed by atoms with E-state index >= 15 is 0 Å². The Kier molecular flexibility index (Phi) is 4.02. The molecule has 0 radical (unpaired) electrons. The van der Waals surface area contributed by atoms with Crippen LogP contribution in [0.4, 0.5) is 0 Å². The van der Waals surface area contributed by atoms with Crippen molar-refractivity contribution in [2.45, 2.75) is 25.8 Å². The van der Waals surface area contributed by atoms with Gasteiger partial charge in [-0.25, -0.2) is 4.98 Å². The van der Waals surface area contributed by atoms with Gasteiger partial charge in [0.05, 0.1) is 0 Å². The molecule has 0 N–H and O–H groups in total. The monoisotopic (exact) mass is 371 g/mol. The summed E-state index contributed by atoms with van der Waals surface area (Å²) in [6, 6.07) is 4.27. The maximum absolute atomic E-state index is 11.6. The van der Waals surface area contributed by atoms with Gasteiger partial charge in [-0.3, -0.25) is 9.69 Å². The lowest BCUT2D eigenvalue weighted by Gasteiger charge is -2.29. The van der Waals surface area contributed by atoms with E-state index in [0.717, 1.165) is 55.7 Å². The number of likely N-dealkylation sites (tertiary alicyclic amines) is 1. The summed E-state index contributed by atoms with van der Waals surface area (Å²) in [6.45, 7) is 4.84. The van der Waals surface area contributed by atoms with E-state index in [2.05, 4.69) is 44.6 Å². The normalized spacial score (nSPS) is 19.8. The van der Waals surface area contributed by atoms with Crippen molar-refractivity contribution < 1.29 is 4.79 Å². The van der Waals surface area contributed by atoms with Crippen LogP contribution in [0.3, 0.4) is 0 Å². The Morgan fingerprint density at radius 3 is 2.89 bits per heavy atom. The van der Waals surface area contributed by atoms with Crippen LogP contribution in [0.15, 0.2) is 12.1 Å². The molecule has 1 aromatic rings. The number of pyridine rings is 1. The highest BCUT2D eigenvalue weighted by atomic mass is 127. The maximum Gasteiger partial charge on any atom is 0.222 e. The van der Waals surface area contributed by atoms with Crippen molar-refractivity contribution in [2.75, 3.05) is 26.2 Å². The molecule has 0 bridgehead atoms. The largest absolute Gasteiger partial charge is 0.341 e. The second-order valence-corrected chi connectivity index (χ2v) is 6.36. The fourth-order valence-corrected chi connectivity index (χ4v) is 3.31. The predicted molar refractivity (Wildman–Crippen MR) is 81.7 cm³/mol. The lowest BCUT2D eigenvalue weighted by Crippen LogP contribution is -2.38. The Labute approximate surface area is 127 Å². The third kappa shape index (κ3) is 3.08. The Bertz CT molecular complexity index is 492. The van der Waals surface area contributed by atoms with E-state index in [1.165, 1.54) is 11.3 Å². The SMILES string of the molecule is O=C1CCCN1CCN1CCc2nc(I)ccc2C1. The fourth-order valence-electron chi connectivity index (χ4n) is 2.84. The highest BCUT2D eigenvalue weighted by Gasteiger charge is 2.22. The number of aromatic nitrogens is 1. The second-order valence-electron chi connectivity index (χ2n) is 5.25. The van der Waals surface area contributed by atoms with Crippen molar-refractivity contribution in [2.24, 2.45) is 0 Å². The predicted octanol–water partition coefficient (Wildman–Crippen LogP) is 1.67. The van der Waals surface area contributed by atoms with Crippen LogP contribution < -0.4 is 0 Å². The first-order valence-electron chi connectivity index (χ1n) is 6.87. The molecule has 0 spiro atoms. The van der Waals surface area contributed by atoms with Gasteiger partial charge < -0.3 is 4.90 Å². The second kappa shape index (κ2) is 5.75. The summed E-state index contributed by atoms with van der Waals surface area (Å²) in [5, 5.41) is 0. The van der Waals surface area contributed by atoms with Gasteiger partial charge in [0.2, 0.25) is 5.91 Å². The molecule has 2 aliphatic heterocycles. The minimum atomic E-state index is 0.327. The van der Waals surface area contributed by atoms with Gasteiger partial charge in [-0.2, -0.15) is 0 Å². The van der Waals surface area contributed by atoms with Gasteiger partial charge in [-0.15, -0.1) is 0 Å². The van der Waals surface area contributed by atoms with Crippen LogP contribution in [0.1, 0.15) is 24.1 Å². The zero-order chi connectivity index (χ0) is 13.2. The smallest absolute Gasteiger partial charge is 0.222 e. The molecule has 4 nitrogen and oxygen atoms in total. The molecule has 1 fully saturated rings. The minimum Gasteiger partial charge on any atom is -0.341 e. The van der Waals surface area contributed by atoms with Crippen molar-refractivity contribution >= 4 is 28.5 Å². The van der Waals surface area contributed by atoms with Crippen LogP contribution in [-0.4, -0.2) is 46.9 Å². The van der Waals surface area contributed by atoms with E-state index in [1.54, 1.807) is 0 Å². The van der Waals surface area contributed by atoms with E-state index in [9.17, 15) is 4.79 Å². The van der Waals surface area contributed by atoms with Gasteiger partial charge in [0, 0.05) is 51.3 Å². The number of carbonyl (C=O) groups is 1. The van der Waals surface area contributed by atoms with Gasteiger partial charge in [0.25, 0.3) is 0 Å². The quantitative estimate of drug-likeness (QED) is 0.599. The van der Waals surface area contributed by atoms with Crippen molar-refractivity contribution in [1.29, 1.82) is 0 Å². The first-order valence-corrected chi connectivity index (χ1v) is 7.95. The van der Waals surface area contributed by atoms with E-state index < -0.39 is 0 Å². The highest BCUT2D eigenvalue weighted by molar-refractivity contribution is 14.1. The number of nitrogens with zero attached hydrogens (tertiary/aromatic N) is 3. The molecule has 1 aromatic heterocycles. The number of amides is 1. The van der Waals surface area contributed by atoms with Crippen molar-refractivity contribution in [3.63, 3.8) is 0 Å². The molecule has 1 saturated heterocycles. The van der Waals surface area contributed by atoms with E-state index in [-0.39, 0.29) is 0 Å². The van der Waals surface area contributed by atoms with E-state index in [1.807, 2.05) is 4.90 Å². The molecular weight excluding hydrogens is 353 g/mol. The molecule has 1 amide bonds. The van der Waals surface area contributed by atoms with Gasteiger partial charge in [-0.05, 0) is 40.6 Å². The van der Waals surface area contributed by atoms with Gasteiger partial charge in [-0.1, -0.05) is 6.07 Å². The molecular formula is C14H18IN3O. The Morgan fingerprint density at radius 2 is 2.11 bits per heavy atom. The molecule has 0 unspecified atom stereocenters. The zero-order valence-corrected chi connectivity index (χ0v) is 13.1. The third-order valence-corrected chi connectivity index (χ3v) is 4.55. The van der Waals surface area contributed by atoms with Crippen molar-refractivity contribution in [3.8, 4) is 0 Å². The Hall–Kier alpha value is -0.690. The minimum absolute atomic E-state index is 0.327. The summed E-state index contributed by atoms with van der Waals surface area (Å²) < 4.78 is 1.08. The van der Waals surface area contributed by atoms with Crippen LogP contribution in [-0.2, 0) is 17.8 Å². The number of fused-ring (bicyclic) bond motifs is 1.